The fourth-order valence-corrected chi connectivity index (χ4v) is 6.18. The number of unbranched alkanes of at least 4 members (excludes halogenated alkanes) is 13. The highest BCUT2D eigenvalue weighted by molar-refractivity contribution is 6.60. The molecule has 3 nitrogen and oxygen atoms in total. The normalized spacial score (nSPS) is 14.2. The molecule has 0 aliphatic heterocycles. The predicted molar refractivity (Wildman–Crippen MR) is 134 cm³/mol. The molecule has 2 atom stereocenters. The van der Waals surface area contributed by atoms with Gasteiger partial charge in [0.25, 0.3) is 0 Å². The molecule has 0 aliphatic carbocycles. The highest BCUT2D eigenvalue weighted by atomic mass is 28.4. The van der Waals surface area contributed by atoms with Crippen molar-refractivity contribution in [2.24, 2.45) is 11.8 Å². The largest absolute Gasteiger partial charge is 0.500 e. The van der Waals surface area contributed by atoms with Crippen molar-refractivity contribution in [1.29, 1.82) is 0 Å². The Morgan fingerprint density at radius 3 is 1.20 bits per heavy atom. The van der Waals surface area contributed by atoms with E-state index in [0.29, 0.717) is 0 Å². The lowest BCUT2D eigenvalue weighted by molar-refractivity contribution is 0.122. The molecule has 0 aromatic rings. The molecule has 0 fully saturated rings. The Morgan fingerprint density at radius 2 is 0.833 bits per heavy atom. The average Bonchev–Trinajstić information content (AvgIpc) is 2.77. The summed E-state index contributed by atoms with van der Waals surface area (Å²) in [5.41, 5.74) is 0. The minimum Gasteiger partial charge on any atom is -0.377 e. The summed E-state index contributed by atoms with van der Waals surface area (Å²) in [6.45, 7) is 7.13. The third-order valence-corrected chi connectivity index (χ3v) is 9.89. The second-order valence-electron chi connectivity index (χ2n) is 9.53. The number of hydrogen-bond donors (Lipinski definition) is 0. The van der Waals surface area contributed by atoms with Crippen LogP contribution < -0.4 is 0 Å². The molecule has 182 valence electrons. The Morgan fingerprint density at radius 1 is 0.500 bits per heavy atom. The molecule has 0 aromatic heterocycles. The van der Waals surface area contributed by atoms with Crippen LogP contribution in [0.15, 0.2) is 0 Å². The minimum absolute atomic E-state index is 0.768. The molecule has 0 aliphatic rings. The lowest BCUT2D eigenvalue weighted by atomic mass is 9.87. The molecule has 0 N–H and O–H groups in total. The maximum Gasteiger partial charge on any atom is 0.500 e. The molecule has 0 bridgehead atoms. The van der Waals surface area contributed by atoms with Crippen LogP contribution >= 0.6 is 0 Å². The molecule has 4 heteroatoms. The molecule has 0 rings (SSSR count). The summed E-state index contributed by atoms with van der Waals surface area (Å²) in [7, 11) is 2.75. The summed E-state index contributed by atoms with van der Waals surface area (Å²) in [5, 5.41) is 0. The number of hydrogen-bond acceptors (Lipinski definition) is 3. The quantitative estimate of drug-likeness (QED) is 0.116. The minimum atomic E-state index is -2.38. The van der Waals surface area contributed by atoms with Gasteiger partial charge in [0.15, 0.2) is 0 Å². The lowest BCUT2D eigenvalue weighted by Gasteiger charge is -2.26. The fourth-order valence-electron chi connectivity index (χ4n) is 4.43. The van der Waals surface area contributed by atoms with Gasteiger partial charge in [0.05, 0.1) is 0 Å². The van der Waals surface area contributed by atoms with Crippen molar-refractivity contribution < 1.29 is 13.3 Å². The Labute approximate surface area is 191 Å². The Balaban J connectivity index is 3.50. The smallest absolute Gasteiger partial charge is 0.377 e. The van der Waals surface area contributed by atoms with E-state index in [1.54, 1.807) is 21.3 Å². The summed E-state index contributed by atoms with van der Waals surface area (Å²) < 4.78 is 16.6. The van der Waals surface area contributed by atoms with E-state index in [1.165, 1.54) is 103 Å². The summed E-state index contributed by atoms with van der Waals surface area (Å²) in [6, 6.07) is 0.923. The van der Waals surface area contributed by atoms with E-state index in [1.807, 2.05) is 0 Å². The van der Waals surface area contributed by atoms with Crippen LogP contribution in [0.25, 0.3) is 0 Å². The van der Waals surface area contributed by atoms with Gasteiger partial charge in [-0.1, -0.05) is 124 Å². The maximum atomic E-state index is 5.53. The van der Waals surface area contributed by atoms with Crippen LogP contribution in [0.3, 0.4) is 0 Å². The van der Waals surface area contributed by atoms with E-state index in [4.69, 9.17) is 13.3 Å². The molecule has 0 heterocycles. The Hall–Kier alpha value is 0.0969. The zero-order chi connectivity index (χ0) is 22.5. The van der Waals surface area contributed by atoms with E-state index < -0.39 is 8.80 Å². The van der Waals surface area contributed by atoms with Crippen molar-refractivity contribution in [2.45, 2.75) is 136 Å². The lowest BCUT2D eigenvalue weighted by Crippen LogP contribution is -2.42. The van der Waals surface area contributed by atoms with Crippen molar-refractivity contribution >= 4 is 8.80 Å². The van der Waals surface area contributed by atoms with Crippen molar-refractivity contribution in [3.8, 4) is 0 Å². The van der Waals surface area contributed by atoms with E-state index >= 15 is 0 Å². The summed E-state index contributed by atoms with van der Waals surface area (Å²) in [5.74, 6) is 1.58. The SMILES string of the molecule is CCCCCCCCCCCCCCCCC(C)C(C)CCC[Si](OC)(OC)OC. The van der Waals surface area contributed by atoms with Crippen molar-refractivity contribution in [2.75, 3.05) is 21.3 Å². The monoisotopic (exact) mass is 444 g/mol. The molecule has 0 saturated heterocycles. The van der Waals surface area contributed by atoms with Gasteiger partial charge < -0.3 is 13.3 Å². The van der Waals surface area contributed by atoms with Crippen LogP contribution in [-0.4, -0.2) is 30.1 Å². The molecule has 0 amide bonds. The van der Waals surface area contributed by atoms with E-state index in [9.17, 15) is 0 Å². The summed E-state index contributed by atoms with van der Waals surface area (Å²) in [6.07, 6.45) is 23.9. The first-order valence-corrected chi connectivity index (χ1v) is 15.1. The molecule has 0 saturated carbocycles. The zero-order valence-corrected chi connectivity index (χ0v) is 22.6. The van der Waals surface area contributed by atoms with Crippen LogP contribution in [-0.2, 0) is 13.3 Å². The summed E-state index contributed by atoms with van der Waals surface area (Å²) in [4.78, 5) is 0. The van der Waals surface area contributed by atoms with Gasteiger partial charge in [-0.25, -0.2) is 0 Å². The van der Waals surface area contributed by atoms with Gasteiger partial charge in [0.2, 0.25) is 0 Å². The highest BCUT2D eigenvalue weighted by Crippen LogP contribution is 2.26. The predicted octanol–water partition coefficient (Wildman–Crippen LogP) is 8.79. The second-order valence-corrected chi connectivity index (χ2v) is 12.6. The van der Waals surface area contributed by atoms with Crippen molar-refractivity contribution in [1.82, 2.24) is 0 Å². The average molecular weight is 445 g/mol. The molecule has 30 heavy (non-hydrogen) atoms. The van der Waals surface area contributed by atoms with Crippen LogP contribution in [0.2, 0.25) is 6.04 Å². The van der Waals surface area contributed by atoms with Crippen molar-refractivity contribution in [3.63, 3.8) is 0 Å². The topological polar surface area (TPSA) is 27.7 Å². The van der Waals surface area contributed by atoms with Gasteiger partial charge >= 0.3 is 8.80 Å². The number of rotatable bonds is 23. The molecular formula is C26H56O3Si. The van der Waals surface area contributed by atoms with Gasteiger partial charge in [0.1, 0.15) is 0 Å². The van der Waals surface area contributed by atoms with E-state index in [-0.39, 0.29) is 0 Å². The van der Waals surface area contributed by atoms with Crippen LogP contribution in [0, 0.1) is 11.8 Å². The summed E-state index contributed by atoms with van der Waals surface area (Å²) >= 11 is 0. The first-order valence-electron chi connectivity index (χ1n) is 13.2. The fraction of sp³-hybridized carbons (Fsp3) is 1.00. The third kappa shape index (κ3) is 15.8. The zero-order valence-electron chi connectivity index (χ0n) is 21.6. The standard InChI is InChI=1S/C26H56O3Si/c1-7-8-9-10-11-12-13-14-15-16-17-18-19-20-22-25(2)26(3)23-21-24-30(27-4,28-5)29-6/h25-26H,7-24H2,1-6H3. The van der Waals surface area contributed by atoms with Crippen LogP contribution in [0.5, 0.6) is 0 Å². The Bertz CT molecular complexity index is 339. The van der Waals surface area contributed by atoms with Crippen LogP contribution in [0.4, 0.5) is 0 Å². The van der Waals surface area contributed by atoms with Crippen LogP contribution in [0.1, 0.15) is 130 Å². The van der Waals surface area contributed by atoms with Gasteiger partial charge in [-0.3, -0.25) is 0 Å². The molecule has 0 radical (unpaired) electrons. The third-order valence-electron chi connectivity index (χ3n) is 7.06. The van der Waals surface area contributed by atoms with E-state index in [2.05, 4.69) is 20.8 Å². The van der Waals surface area contributed by atoms with Gasteiger partial charge in [-0.05, 0) is 18.3 Å². The van der Waals surface area contributed by atoms with Gasteiger partial charge in [-0.2, -0.15) is 0 Å². The first kappa shape index (κ1) is 30.1. The molecule has 2 unspecified atom stereocenters. The van der Waals surface area contributed by atoms with E-state index in [0.717, 1.165) is 24.3 Å². The second kappa shape index (κ2) is 21.0. The first-order chi connectivity index (χ1) is 14.5. The molecule has 0 aromatic carbocycles. The molecular weight excluding hydrogens is 388 g/mol. The van der Waals surface area contributed by atoms with Gasteiger partial charge in [0, 0.05) is 27.4 Å². The maximum absolute atomic E-state index is 5.53. The van der Waals surface area contributed by atoms with Gasteiger partial charge in [-0.15, -0.1) is 0 Å². The van der Waals surface area contributed by atoms with Crippen molar-refractivity contribution in [3.05, 3.63) is 0 Å². The Kier molecular flexibility index (Phi) is 21.0. The molecule has 0 spiro atoms. The highest BCUT2D eigenvalue weighted by Gasteiger charge is 2.37.